The Bertz CT molecular complexity index is 731. The van der Waals surface area contributed by atoms with Gasteiger partial charge >= 0.3 is 0 Å². The van der Waals surface area contributed by atoms with Crippen LogP contribution in [0.15, 0.2) is 29.2 Å². The topological polar surface area (TPSA) is 84.0 Å². The van der Waals surface area contributed by atoms with Gasteiger partial charge in [0.15, 0.2) is 0 Å². The minimum atomic E-state index is -3.55. The van der Waals surface area contributed by atoms with Crippen molar-refractivity contribution in [3.63, 3.8) is 0 Å². The summed E-state index contributed by atoms with van der Waals surface area (Å²) in [5, 5.41) is 4.12. The van der Waals surface area contributed by atoms with Gasteiger partial charge in [0.2, 0.25) is 15.2 Å². The lowest BCUT2D eigenvalue weighted by Gasteiger charge is -2.07. The lowest BCUT2D eigenvalue weighted by atomic mass is 10.2. The number of benzene rings is 1. The number of hydrogen-bond donors (Lipinski definition) is 2. The third-order valence-corrected chi connectivity index (χ3v) is 5.14. The van der Waals surface area contributed by atoms with Crippen LogP contribution in [-0.2, 0) is 10.0 Å². The third kappa shape index (κ3) is 4.64. The summed E-state index contributed by atoms with van der Waals surface area (Å²) >= 11 is 7.07. The quantitative estimate of drug-likeness (QED) is 0.741. The summed E-state index contributed by atoms with van der Waals surface area (Å²) in [5.74, 6) is 1.06. The normalized spacial score (nSPS) is 11.8. The molecule has 2 aromatic rings. The zero-order chi connectivity index (χ0) is 16.2. The van der Waals surface area contributed by atoms with Crippen molar-refractivity contribution in [3.8, 4) is 0 Å². The Morgan fingerprint density at radius 1 is 1.32 bits per heavy atom. The molecule has 0 aliphatic heterocycles. The molecule has 0 unspecified atom stereocenters. The second kappa shape index (κ2) is 7.36. The van der Waals surface area contributed by atoms with Crippen LogP contribution in [0, 0.1) is 0 Å². The fourth-order valence-electron chi connectivity index (χ4n) is 1.61. The predicted octanol–water partition coefficient (Wildman–Crippen LogP) is 2.71. The average molecular weight is 361 g/mol. The molecule has 0 bridgehead atoms. The van der Waals surface area contributed by atoms with Crippen molar-refractivity contribution in [2.75, 3.05) is 18.4 Å². The first kappa shape index (κ1) is 17.1. The summed E-state index contributed by atoms with van der Waals surface area (Å²) in [6.07, 6.45) is 0. The number of hydrogen-bond acceptors (Lipinski definition) is 6. The van der Waals surface area contributed by atoms with Crippen LogP contribution in [0.4, 0.5) is 5.13 Å². The summed E-state index contributed by atoms with van der Waals surface area (Å²) in [4.78, 5) is 4.47. The number of aromatic nitrogens is 2. The molecule has 120 valence electrons. The molecule has 2 rings (SSSR count). The highest BCUT2D eigenvalue weighted by molar-refractivity contribution is 7.89. The predicted molar refractivity (Wildman–Crippen MR) is 89.1 cm³/mol. The Morgan fingerprint density at radius 2 is 2.09 bits per heavy atom. The van der Waals surface area contributed by atoms with E-state index in [-0.39, 0.29) is 17.4 Å². The van der Waals surface area contributed by atoms with Crippen LogP contribution in [0.2, 0.25) is 5.02 Å². The maximum absolute atomic E-state index is 12.1. The number of nitrogens with zero attached hydrogens (tertiary/aromatic N) is 2. The molecule has 0 aliphatic rings. The molecular formula is C13H17ClN4O2S2. The van der Waals surface area contributed by atoms with Gasteiger partial charge in [0, 0.05) is 35.6 Å². The fraction of sp³-hybridized carbons (Fsp3) is 0.385. The molecule has 1 aromatic carbocycles. The van der Waals surface area contributed by atoms with Crippen molar-refractivity contribution in [1.29, 1.82) is 0 Å². The molecule has 0 amide bonds. The highest BCUT2D eigenvalue weighted by Crippen LogP contribution is 2.17. The van der Waals surface area contributed by atoms with Crippen LogP contribution in [0.5, 0.6) is 0 Å². The van der Waals surface area contributed by atoms with E-state index in [9.17, 15) is 8.42 Å². The van der Waals surface area contributed by atoms with Crippen LogP contribution in [0.1, 0.15) is 25.6 Å². The molecule has 0 atom stereocenters. The van der Waals surface area contributed by atoms with Crippen molar-refractivity contribution in [2.24, 2.45) is 0 Å². The van der Waals surface area contributed by atoms with Gasteiger partial charge in [-0.15, -0.1) is 0 Å². The molecule has 2 N–H and O–H groups in total. The summed E-state index contributed by atoms with van der Waals surface area (Å²) in [7, 11) is -3.55. The second-order valence-corrected chi connectivity index (χ2v) is 7.85. The van der Waals surface area contributed by atoms with Crippen molar-refractivity contribution < 1.29 is 8.42 Å². The second-order valence-electron chi connectivity index (χ2n) is 4.89. The van der Waals surface area contributed by atoms with E-state index in [1.54, 1.807) is 12.1 Å². The van der Waals surface area contributed by atoms with Crippen LogP contribution in [0.25, 0.3) is 0 Å². The number of anilines is 1. The zero-order valence-electron chi connectivity index (χ0n) is 12.2. The summed E-state index contributed by atoms with van der Waals surface area (Å²) in [6, 6.07) is 6.14. The minimum absolute atomic E-state index is 0.151. The van der Waals surface area contributed by atoms with Gasteiger partial charge in [-0.1, -0.05) is 31.5 Å². The van der Waals surface area contributed by atoms with Gasteiger partial charge in [-0.2, -0.15) is 4.37 Å². The van der Waals surface area contributed by atoms with Gasteiger partial charge in [0.05, 0.1) is 4.90 Å². The number of nitrogens with one attached hydrogen (secondary N) is 2. The van der Waals surface area contributed by atoms with Crippen LogP contribution in [-0.4, -0.2) is 30.9 Å². The van der Waals surface area contributed by atoms with E-state index in [1.807, 2.05) is 13.8 Å². The van der Waals surface area contributed by atoms with Gasteiger partial charge in [-0.25, -0.2) is 18.1 Å². The molecule has 1 heterocycles. The van der Waals surface area contributed by atoms with Crippen molar-refractivity contribution >= 4 is 38.3 Å². The molecule has 6 nitrogen and oxygen atoms in total. The smallest absolute Gasteiger partial charge is 0.240 e. The molecule has 1 aromatic heterocycles. The van der Waals surface area contributed by atoms with Gasteiger partial charge in [-0.05, 0) is 18.2 Å². The van der Waals surface area contributed by atoms with E-state index in [2.05, 4.69) is 19.4 Å². The Kier molecular flexibility index (Phi) is 5.74. The van der Waals surface area contributed by atoms with Crippen LogP contribution >= 0.6 is 23.1 Å². The molecule has 0 aliphatic carbocycles. The van der Waals surface area contributed by atoms with Gasteiger partial charge in [0.25, 0.3) is 0 Å². The Morgan fingerprint density at radius 3 is 2.73 bits per heavy atom. The third-order valence-electron chi connectivity index (χ3n) is 2.76. The standard InChI is InChI=1S/C13H17ClN4O2S2/c1-9(2)12-17-13(21-18-12)15-6-7-16-22(19,20)11-5-3-4-10(14)8-11/h3-5,8-9,16H,6-7H2,1-2H3,(H,15,17,18). The monoisotopic (exact) mass is 360 g/mol. The molecule has 22 heavy (non-hydrogen) atoms. The zero-order valence-corrected chi connectivity index (χ0v) is 14.6. The Labute approximate surface area is 139 Å². The summed E-state index contributed by atoms with van der Waals surface area (Å²) in [6.45, 7) is 4.70. The highest BCUT2D eigenvalue weighted by Gasteiger charge is 2.13. The first-order valence-corrected chi connectivity index (χ1v) is 9.34. The summed E-state index contributed by atoms with van der Waals surface area (Å²) < 4.78 is 30.9. The molecular weight excluding hydrogens is 344 g/mol. The Hall–Kier alpha value is -1.22. The van der Waals surface area contributed by atoms with Crippen LogP contribution < -0.4 is 10.0 Å². The maximum atomic E-state index is 12.1. The van der Waals surface area contributed by atoms with E-state index >= 15 is 0 Å². The number of halogens is 1. The minimum Gasteiger partial charge on any atom is -0.359 e. The lowest BCUT2D eigenvalue weighted by Crippen LogP contribution is -2.28. The van der Waals surface area contributed by atoms with E-state index in [0.29, 0.717) is 16.7 Å². The van der Waals surface area contributed by atoms with E-state index in [1.165, 1.54) is 23.7 Å². The summed E-state index contributed by atoms with van der Waals surface area (Å²) in [5.41, 5.74) is 0. The fourth-order valence-corrected chi connectivity index (χ4v) is 3.68. The first-order chi connectivity index (χ1) is 10.4. The van der Waals surface area contributed by atoms with Crippen LogP contribution in [0.3, 0.4) is 0 Å². The number of rotatable bonds is 7. The lowest BCUT2D eigenvalue weighted by molar-refractivity contribution is 0.583. The average Bonchev–Trinajstić information content (AvgIpc) is 2.93. The van der Waals surface area contributed by atoms with Gasteiger partial charge in [0.1, 0.15) is 5.82 Å². The van der Waals surface area contributed by atoms with Gasteiger partial charge in [-0.3, -0.25) is 0 Å². The van der Waals surface area contributed by atoms with Crippen molar-refractivity contribution in [1.82, 2.24) is 14.1 Å². The van der Waals surface area contributed by atoms with Crippen molar-refractivity contribution in [3.05, 3.63) is 35.1 Å². The molecule has 0 saturated carbocycles. The molecule has 0 spiro atoms. The molecule has 0 fully saturated rings. The molecule has 0 radical (unpaired) electrons. The largest absolute Gasteiger partial charge is 0.359 e. The molecule has 9 heteroatoms. The SMILES string of the molecule is CC(C)c1nsc(NCCNS(=O)(=O)c2cccc(Cl)c2)n1. The highest BCUT2D eigenvalue weighted by atomic mass is 35.5. The van der Waals surface area contributed by atoms with E-state index in [4.69, 9.17) is 11.6 Å². The van der Waals surface area contributed by atoms with Crippen molar-refractivity contribution in [2.45, 2.75) is 24.7 Å². The van der Waals surface area contributed by atoms with E-state index < -0.39 is 10.0 Å². The molecule has 0 saturated heterocycles. The first-order valence-electron chi connectivity index (χ1n) is 6.71. The van der Waals surface area contributed by atoms with E-state index in [0.717, 1.165) is 5.82 Å². The van der Waals surface area contributed by atoms with Gasteiger partial charge < -0.3 is 5.32 Å². The Balaban J connectivity index is 1.85. The number of sulfonamides is 1. The maximum Gasteiger partial charge on any atom is 0.240 e.